The summed E-state index contributed by atoms with van der Waals surface area (Å²) in [4.78, 5) is 22.3. The zero-order valence-electron chi connectivity index (χ0n) is 6.88. The Kier molecular flexibility index (Phi) is 1.77. The van der Waals surface area contributed by atoms with Gasteiger partial charge in [0.05, 0.1) is 0 Å². The predicted octanol–water partition coefficient (Wildman–Crippen LogP) is 1.90. The summed E-state index contributed by atoms with van der Waals surface area (Å²) in [5.41, 5.74) is -0.173. The number of benzene rings is 1. The Morgan fingerprint density at radius 1 is 0.786 bits per heavy atom. The van der Waals surface area contributed by atoms with E-state index in [4.69, 9.17) is 0 Å². The van der Waals surface area contributed by atoms with Gasteiger partial charge in [-0.1, -0.05) is 0 Å². The molecule has 0 unspecified atom stereocenters. The summed E-state index contributed by atoms with van der Waals surface area (Å²) in [5.74, 6) is -3.22. The molecule has 4 heteroatoms. The number of halogens is 2. The summed E-state index contributed by atoms with van der Waals surface area (Å²) < 4.78 is 25.5. The van der Waals surface area contributed by atoms with Gasteiger partial charge in [0.25, 0.3) is 0 Å². The first-order chi connectivity index (χ1) is 6.59. The van der Waals surface area contributed by atoms with Gasteiger partial charge in [0.15, 0.2) is 23.2 Å². The summed E-state index contributed by atoms with van der Waals surface area (Å²) >= 11 is 0. The fourth-order valence-corrected chi connectivity index (χ4v) is 1.29. The highest BCUT2D eigenvalue weighted by Gasteiger charge is 2.21. The second kappa shape index (κ2) is 2.83. The first-order valence-electron chi connectivity index (χ1n) is 3.85. The van der Waals surface area contributed by atoms with E-state index >= 15 is 0 Å². The second-order valence-electron chi connectivity index (χ2n) is 2.87. The third-order valence-corrected chi connectivity index (χ3v) is 1.98. The van der Waals surface area contributed by atoms with Crippen LogP contribution in [0.15, 0.2) is 24.3 Å². The molecule has 0 atom stereocenters. The highest BCUT2D eigenvalue weighted by atomic mass is 19.2. The number of hydrogen-bond acceptors (Lipinski definition) is 2. The molecular formula is C10H4F2O2. The summed E-state index contributed by atoms with van der Waals surface area (Å²) in [5, 5.41) is 0. The van der Waals surface area contributed by atoms with E-state index in [-0.39, 0.29) is 11.1 Å². The van der Waals surface area contributed by atoms with Gasteiger partial charge < -0.3 is 0 Å². The van der Waals surface area contributed by atoms with Crippen molar-refractivity contribution < 1.29 is 18.4 Å². The van der Waals surface area contributed by atoms with Crippen molar-refractivity contribution >= 4 is 11.6 Å². The number of ketones is 2. The second-order valence-corrected chi connectivity index (χ2v) is 2.87. The Morgan fingerprint density at radius 3 is 1.50 bits per heavy atom. The number of carbonyl (C=O) groups is 2. The molecule has 1 aliphatic carbocycles. The van der Waals surface area contributed by atoms with Gasteiger partial charge >= 0.3 is 0 Å². The Labute approximate surface area is 77.8 Å². The molecule has 1 aromatic rings. The fourth-order valence-electron chi connectivity index (χ4n) is 1.29. The maximum atomic E-state index is 12.7. The van der Waals surface area contributed by atoms with Crippen LogP contribution < -0.4 is 0 Å². The third-order valence-electron chi connectivity index (χ3n) is 1.98. The van der Waals surface area contributed by atoms with Crippen LogP contribution in [0.4, 0.5) is 8.78 Å². The molecule has 0 amide bonds. The monoisotopic (exact) mass is 194 g/mol. The van der Waals surface area contributed by atoms with Gasteiger partial charge in [-0.05, 0) is 24.3 Å². The molecule has 0 saturated heterocycles. The molecule has 0 bridgehead atoms. The van der Waals surface area contributed by atoms with Crippen molar-refractivity contribution in [3.05, 3.63) is 47.0 Å². The lowest BCUT2D eigenvalue weighted by Crippen LogP contribution is -2.12. The maximum Gasteiger partial charge on any atom is 0.186 e. The molecular weight excluding hydrogens is 190 g/mol. The highest BCUT2D eigenvalue weighted by molar-refractivity contribution is 6.21. The smallest absolute Gasteiger partial charge is 0.186 e. The average Bonchev–Trinajstić information content (AvgIpc) is 2.15. The maximum absolute atomic E-state index is 12.7. The molecule has 0 radical (unpaired) electrons. The lowest BCUT2D eigenvalue weighted by atomic mass is 9.95. The van der Waals surface area contributed by atoms with Gasteiger partial charge in [0.1, 0.15) is 0 Å². The Morgan fingerprint density at radius 2 is 1.14 bits per heavy atom. The fraction of sp³-hybridized carbons (Fsp3) is 0. The molecule has 2 rings (SSSR count). The minimum absolute atomic E-state index is 0.0867. The van der Waals surface area contributed by atoms with Crippen molar-refractivity contribution in [1.29, 1.82) is 0 Å². The van der Waals surface area contributed by atoms with Crippen molar-refractivity contribution in [2.75, 3.05) is 0 Å². The normalized spacial score (nSPS) is 14.4. The van der Waals surface area contributed by atoms with Gasteiger partial charge in [0.2, 0.25) is 0 Å². The number of allylic oxidation sites excluding steroid dienone is 2. The quantitative estimate of drug-likeness (QED) is 0.632. The third kappa shape index (κ3) is 1.16. The van der Waals surface area contributed by atoms with Crippen LogP contribution in [-0.4, -0.2) is 11.6 Å². The standard InChI is InChI=1S/C10H4F2O2/c11-7-3-5-6(4-8(7)12)10(14)2-1-9(5)13/h1-4H. The molecule has 0 aliphatic heterocycles. The largest absolute Gasteiger partial charge is 0.289 e. The number of carbonyl (C=O) groups excluding carboxylic acids is 2. The van der Waals surface area contributed by atoms with Gasteiger partial charge in [-0.25, -0.2) is 8.78 Å². The van der Waals surface area contributed by atoms with Crippen molar-refractivity contribution in [3.8, 4) is 0 Å². The Balaban J connectivity index is 2.73. The van der Waals surface area contributed by atoms with E-state index in [0.29, 0.717) is 0 Å². The minimum atomic E-state index is -1.12. The van der Waals surface area contributed by atoms with Gasteiger partial charge in [-0.15, -0.1) is 0 Å². The molecule has 0 fully saturated rings. The first kappa shape index (κ1) is 8.74. The van der Waals surface area contributed by atoms with Crippen LogP contribution in [0.3, 0.4) is 0 Å². The van der Waals surface area contributed by atoms with E-state index in [1.165, 1.54) is 0 Å². The van der Waals surface area contributed by atoms with Crippen molar-refractivity contribution in [2.24, 2.45) is 0 Å². The van der Waals surface area contributed by atoms with Crippen LogP contribution >= 0.6 is 0 Å². The highest BCUT2D eigenvalue weighted by Crippen LogP contribution is 2.20. The van der Waals surface area contributed by atoms with Crippen LogP contribution in [0.2, 0.25) is 0 Å². The zero-order valence-corrected chi connectivity index (χ0v) is 6.88. The minimum Gasteiger partial charge on any atom is -0.289 e. The van der Waals surface area contributed by atoms with Crippen LogP contribution in [0.25, 0.3) is 0 Å². The van der Waals surface area contributed by atoms with Crippen molar-refractivity contribution in [3.63, 3.8) is 0 Å². The Bertz CT molecular complexity index is 432. The van der Waals surface area contributed by atoms with E-state index in [1.54, 1.807) is 0 Å². The van der Waals surface area contributed by atoms with Crippen LogP contribution in [0.1, 0.15) is 20.7 Å². The first-order valence-corrected chi connectivity index (χ1v) is 3.85. The number of hydrogen-bond donors (Lipinski definition) is 0. The average molecular weight is 194 g/mol. The van der Waals surface area contributed by atoms with Gasteiger partial charge in [-0.3, -0.25) is 9.59 Å². The molecule has 1 aromatic carbocycles. The molecule has 0 N–H and O–H groups in total. The molecule has 14 heavy (non-hydrogen) atoms. The van der Waals surface area contributed by atoms with Crippen LogP contribution in [0, 0.1) is 11.6 Å². The van der Waals surface area contributed by atoms with Gasteiger partial charge in [0, 0.05) is 11.1 Å². The lowest BCUT2D eigenvalue weighted by molar-refractivity contribution is 0.0993. The number of rotatable bonds is 0. The van der Waals surface area contributed by atoms with Crippen molar-refractivity contribution in [1.82, 2.24) is 0 Å². The SMILES string of the molecule is O=C1C=CC(=O)c2cc(F)c(F)cc21. The zero-order chi connectivity index (χ0) is 10.3. The molecule has 1 aliphatic rings. The lowest BCUT2D eigenvalue weighted by Gasteiger charge is -2.08. The molecule has 0 saturated carbocycles. The predicted molar refractivity (Wildman–Crippen MR) is 44.2 cm³/mol. The molecule has 2 nitrogen and oxygen atoms in total. The van der Waals surface area contributed by atoms with Crippen LogP contribution in [-0.2, 0) is 0 Å². The molecule has 0 heterocycles. The number of fused-ring (bicyclic) bond motifs is 1. The van der Waals surface area contributed by atoms with E-state index in [9.17, 15) is 18.4 Å². The van der Waals surface area contributed by atoms with E-state index in [0.717, 1.165) is 24.3 Å². The molecule has 0 spiro atoms. The van der Waals surface area contributed by atoms with Crippen molar-refractivity contribution in [2.45, 2.75) is 0 Å². The summed E-state index contributed by atoms with van der Waals surface area (Å²) in [6, 6.07) is 1.49. The summed E-state index contributed by atoms with van der Waals surface area (Å²) in [6.07, 6.45) is 2.09. The van der Waals surface area contributed by atoms with E-state index in [1.807, 2.05) is 0 Å². The summed E-state index contributed by atoms with van der Waals surface area (Å²) in [6.45, 7) is 0. The van der Waals surface area contributed by atoms with E-state index in [2.05, 4.69) is 0 Å². The molecule has 0 aromatic heterocycles. The van der Waals surface area contributed by atoms with Crippen LogP contribution in [0.5, 0.6) is 0 Å². The Hall–Kier alpha value is -1.84. The summed E-state index contributed by atoms with van der Waals surface area (Å²) in [7, 11) is 0. The van der Waals surface area contributed by atoms with E-state index < -0.39 is 23.2 Å². The molecule has 70 valence electrons. The topological polar surface area (TPSA) is 34.1 Å². The van der Waals surface area contributed by atoms with Gasteiger partial charge in [-0.2, -0.15) is 0 Å².